The Morgan fingerprint density at radius 3 is 2.62 bits per heavy atom. The van der Waals surface area contributed by atoms with Crippen LogP contribution in [0.3, 0.4) is 0 Å². The number of methoxy groups -OCH3 is 1. The number of ether oxygens (including phenoxy) is 1. The van der Waals surface area contributed by atoms with Gasteiger partial charge in [0.2, 0.25) is 5.91 Å². The lowest BCUT2D eigenvalue weighted by Gasteiger charge is -2.25. The second kappa shape index (κ2) is 7.64. The number of phenols is 1. The molecule has 0 aliphatic rings. The van der Waals surface area contributed by atoms with Gasteiger partial charge < -0.3 is 15.2 Å². The molecule has 2 N–H and O–H groups in total. The third-order valence-corrected chi connectivity index (χ3v) is 3.80. The Labute approximate surface area is 142 Å². The highest BCUT2D eigenvalue weighted by atomic mass is 16.5. The summed E-state index contributed by atoms with van der Waals surface area (Å²) in [4.78, 5) is 16.0. The first kappa shape index (κ1) is 17.5. The van der Waals surface area contributed by atoms with E-state index in [9.17, 15) is 9.90 Å². The third-order valence-electron chi connectivity index (χ3n) is 3.80. The van der Waals surface area contributed by atoms with Crippen molar-refractivity contribution in [1.82, 2.24) is 10.3 Å². The molecule has 0 aliphatic carbocycles. The number of carbonyl (C=O) groups is 1. The first-order valence-electron chi connectivity index (χ1n) is 7.66. The van der Waals surface area contributed by atoms with Gasteiger partial charge in [-0.2, -0.15) is 0 Å². The molecule has 0 fully saturated rings. The normalized spacial score (nSPS) is 11.5. The van der Waals surface area contributed by atoms with Gasteiger partial charge in [-0.15, -0.1) is 0 Å². The zero-order valence-electron chi connectivity index (χ0n) is 14.1. The molecular weight excluding hydrogens is 304 g/mol. The summed E-state index contributed by atoms with van der Waals surface area (Å²) >= 11 is 0. The molecule has 0 radical (unpaired) electrons. The van der Waals surface area contributed by atoms with Crippen LogP contribution in [0.2, 0.25) is 0 Å². The maximum Gasteiger partial charge on any atom is 0.244 e. The van der Waals surface area contributed by atoms with Gasteiger partial charge in [0.25, 0.3) is 0 Å². The molecule has 0 saturated heterocycles. The van der Waals surface area contributed by atoms with Crippen molar-refractivity contribution < 1.29 is 14.6 Å². The van der Waals surface area contributed by atoms with Crippen LogP contribution in [0, 0.1) is 0 Å². The summed E-state index contributed by atoms with van der Waals surface area (Å²) in [6, 6.07) is 8.86. The minimum Gasteiger partial charge on any atom is -0.504 e. The number of benzene rings is 1. The van der Waals surface area contributed by atoms with Gasteiger partial charge in [-0.05, 0) is 41.5 Å². The van der Waals surface area contributed by atoms with Gasteiger partial charge in [0, 0.05) is 30.4 Å². The van der Waals surface area contributed by atoms with Crippen LogP contribution >= 0.6 is 0 Å². The Morgan fingerprint density at radius 2 is 2.00 bits per heavy atom. The number of nitrogens with zero attached hydrogens (tertiary/aromatic N) is 1. The number of nitrogens with one attached hydrogen (secondary N) is 1. The van der Waals surface area contributed by atoms with E-state index >= 15 is 0 Å². The molecule has 1 amide bonds. The average Bonchev–Trinajstić information content (AvgIpc) is 2.59. The van der Waals surface area contributed by atoms with E-state index < -0.39 is 0 Å². The summed E-state index contributed by atoms with van der Waals surface area (Å²) in [5, 5.41) is 12.6. The number of amides is 1. The van der Waals surface area contributed by atoms with Crippen LogP contribution < -0.4 is 10.1 Å². The smallest absolute Gasteiger partial charge is 0.244 e. The van der Waals surface area contributed by atoms with Crippen LogP contribution in [0.15, 0.2) is 48.8 Å². The molecule has 0 atom stereocenters. The molecule has 1 aromatic carbocycles. The van der Waals surface area contributed by atoms with E-state index in [0.29, 0.717) is 12.3 Å². The van der Waals surface area contributed by atoms with Gasteiger partial charge in [-0.1, -0.05) is 19.9 Å². The average molecular weight is 326 g/mol. The molecule has 1 aromatic heterocycles. The second-order valence-electron chi connectivity index (χ2n) is 6.10. The fraction of sp³-hybridized carbons (Fsp3) is 0.263. The van der Waals surface area contributed by atoms with Gasteiger partial charge >= 0.3 is 0 Å². The van der Waals surface area contributed by atoms with Crippen molar-refractivity contribution in [2.24, 2.45) is 0 Å². The summed E-state index contributed by atoms with van der Waals surface area (Å²) in [5.74, 6) is 0.252. The Morgan fingerprint density at radius 1 is 1.29 bits per heavy atom. The summed E-state index contributed by atoms with van der Waals surface area (Å²) in [6.45, 7) is 4.63. The monoisotopic (exact) mass is 326 g/mol. The number of carbonyl (C=O) groups excluding carboxylic acids is 1. The van der Waals surface area contributed by atoms with E-state index in [1.807, 2.05) is 12.1 Å². The van der Waals surface area contributed by atoms with Gasteiger partial charge in [0.1, 0.15) is 0 Å². The fourth-order valence-corrected chi connectivity index (χ4v) is 2.25. The van der Waals surface area contributed by atoms with Gasteiger partial charge in [-0.25, -0.2) is 0 Å². The van der Waals surface area contributed by atoms with Crippen molar-refractivity contribution >= 4 is 12.0 Å². The van der Waals surface area contributed by atoms with Crippen LogP contribution in [0.4, 0.5) is 0 Å². The summed E-state index contributed by atoms with van der Waals surface area (Å²) < 4.78 is 4.99. The Bertz CT molecular complexity index is 725. The summed E-state index contributed by atoms with van der Waals surface area (Å²) in [6.07, 6.45) is 6.59. The van der Waals surface area contributed by atoms with E-state index in [-0.39, 0.29) is 17.1 Å². The van der Waals surface area contributed by atoms with Crippen molar-refractivity contribution in [1.29, 1.82) is 0 Å². The molecule has 2 aromatic rings. The van der Waals surface area contributed by atoms with E-state index in [0.717, 1.165) is 11.1 Å². The topological polar surface area (TPSA) is 71.5 Å². The Hall–Kier alpha value is -2.82. The SMILES string of the molecule is COc1ccc(C=CC(=O)NCC(C)(C)c2ccncc2)cc1O. The Kier molecular flexibility index (Phi) is 5.58. The van der Waals surface area contributed by atoms with Crippen molar-refractivity contribution in [2.45, 2.75) is 19.3 Å². The van der Waals surface area contributed by atoms with Gasteiger partial charge in [-0.3, -0.25) is 9.78 Å². The molecule has 0 saturated carbocycles. The van der Waals surface area contributed by atoms with Gasteiger partial charge in [0.15, 0.2) is 11.5 Å². The number of rotatable bonds is 6. The molecule has 0 unspecified atom stereocenters. The number of hydrogen-bond acceptors (Lipinski definition) is 4. The maximum atomic E-state index is 12.0. The van der Waals surface area contributed by atoms with Crippen LogP contribution in [0.1, 0.15) is 25.0 Å². The minimum absolute atomic E-state index is 0.0406. The van der Waals surface area contributed by atoms with E-state index in [1.54, 1.807) is 36.7 Å². The first-order valence-corrected chi connectivity index (χ1v) is 7.66. The molecule has 5 heteroatoms. The van der Waals surface area contributed by atoms with E-state index in [2.05, 4.69) is 24.1 Å². The van der Waals surface area contributed by atoms with Crippen molar-refractivity contribution in [3.63, 3.8) is 0 Å². The number of hydrogen-bond donors (Lipinski definition) is 2. The molecule has 5 nitrogen and oxygen atoms in total. The van der Waals surface area contributed by atoms with Crippen molar-refractivity contribution in [3.8, 4) is 11.5 Å². The highest BCUT2D eigenvalue weighted by Gasteiger charge is 2.20. The standard InChI is InChI=1S/C19H22N2O3/c1-19(2,15-8-10-20-11-9-15)13-21-18(23)7-5-14-4-6-17(24-3)16(22)12-14/h4-12,22H,13H2,1-3H3,(H,21,23). The molecule has 2 rings (SSSR count). The van der Waals surface area contributed by atoms with E-state index in [4.69, 9.17) is 4.74 Å². The fourth-order valence-electron chi connectivity index (χ4n) is 2.25. The number of aromatic nitrogens is 1. The maximum absolute atomic E-state index is 12.0. The lowest BCUT2D eigenvalue weighted by atomic mass is 9.85. The Balaban J connectivity index is 1.94. The number of pyridine rings is 1. The van der Waals surface area contributed by atoms with Crippen LogP contribution in [0.25, 0.3) is 6.08 Å². The second-order valence-corrected chi connectivity index (χ2v) is 6.10. The van der Waals surface area contributed by atoms with Crippen LogP contribution in [-0.4, -0.2) is 29.7 Å². The minimum atomic E-state index is -0.190. The summed E-state index contributed by atoms with van der Waals surface area (Å²) in [5.41, 5.74) is 1.64. The molecule has 0 aliphatic heterocycles. The molecular formula is C19H22N2O3. The van der Waals surface area contributed by atoms with Gasteiger partial charge in [0.05, 0.1) is 7.11 Å². The molecule has 1 heterocycles. The molecule has 0 bridgehead atoms. The zero-order chi connectivity index (χ0) is 17.6. The first-order chi connectivity index (χ1) is 11.4. The highest BCUT2D eigenvalue weighted by Crippen LogP contribution is 2.26. The lowest BCUT2D eigenvalue weighted by molar-refractivity contribution is -0.116. The molecule has 0 spiro atoms. The molecule has 24 heavy (non-hydrogen) atoms. The predicted molar refractivity (Wildman–Crippen MR) is 94.0 cm³/mol. The number of aromatic hydroxyl groups is 1. The zero-order valence-corrected chi connectivity index (χ0v) is 14.1. The summed E-state index contributed by atoms with van der Waals surface area (Å²) in [7, 11) is 1.49. The van der Waals surface area contributed by atoms with Crippen LogP contribution in [0.5, 0.6) is 11.5 Å². The van der Waals surface area contributed by atoms with Crippen molar-refractivity contribution in [3.05, 3.63) is 59.9 Å². The van der Waals surface area contributed by atoms with E-state index in [1.165, 1.54) is 13.2 Å². The number of phenolic OH excluding ortho intramolecular Hbond substituents is 1. The largest absolute Gasteiger partial charge is 0.504 e. The highest BCUT2D eigenvalue weighted by molar-refractivity contribution is 5.91. The molecule has 126 valence electrons. The quantitative estimate of drug-likeness (QED) is 0.801. The van der Waals surface area contributed by atoms with Crippen molar-refractivity contribution in [2.75, 3.05) is 13.7 Å². The van der Waals surface area contributed by atoms with Crippen LogP contribution in [-0.2, 0) is 10.2 Å². The lowest BCUT2D eigenvalue weighted by Crippen LogP contribution is -2.35. The predicted octanol–water partition coefficient (Wildman–Crippen LogP) is 2.90. The third kappa shape index (κ3) is 4.59.